The molecule has 2 fully saturated rings. The third-order valence-electron chi connectivity index (χ3n) is 4.87. The van der Waals surface area contributed by atoms with Crippen molar-refractivity contribution in [1.29, 1.82) is 0 Å². The van der Waals surface area contributed by atoms with Gasteiger partial charge in [-0.15, -0.1) is 0 Å². The zero-order valence-electron chi connectivity index (χ0n) is 11.9. The summed E-state index contributed by atoms with van der Waals surface area (Å²) in [5, 5.41) is 13.4. The number of nitrogens with one attached hydrogen (secondary N) is 1. The Morgan fingerprint density at radius 1 is 1.26 bits per heavy atom. The SMILES string of the molecule is CC1(C)C(O)CC1Nc1cccc(N2CCCC2)c1. The lowest BCUT2D eigenvalue weighted by Crippen LogP contribution is -2.56. The molecule has 2 unspecified atom stereocenters. The standard InChI is InChI=1S/C16H24N2O/c1-16(2)14(11-15(16)19)17-12-6-5-7-13(10-12)18-8-3-4-9-18/h5-7,10,14-15,17,19H,3-4,8-9,11H2,1-2H3. The van der Waals surface area contributed by atoms with Gasteiger partial charge < -0.3 is 15.3 Å². The summed E-state index contributed by atoms with van der Waals surface area (Å²) in [6, 6.07) is 9.05. The van der Waals surface area contributed by atoms with Crippen molar-refractivity contribution in [2.45, 2.75) is 45.3 Å². The van der Waals surface area contributed by atoms with Crippen LogP contribution in [0.3, 0.4) is 0 Å². The van der Waals surface area contributed by atoms with Crippen molar-refractivity contribution in [2.75, 3.05) is 23.3 Å². The largest absolute Gasteiger partial charge is 0.392 e. The fraction of sp³-hybridized carbons (Fsp3) is 0.625. The molecule has 0 amide bonds. The Kier molecular flexibility index (Phi) is 3.17. The van der Waals surface area contributed by atoms with Crippen molar-refractivity contribution >= 4 is 11.4 Å². The number of benzene rings is 1. The monoisotopic (exact) mass is 260 g/mol. The Labute approximate surface area is 115 Å². The highest BCUT2D eigenvalue weighted by molar-refractivity contribution is 5.59. The van der Waals surface area contributed by atoms with Gasteiger partial charge in [0.25, 0.3) is 0 Å². The molecule has 1 saturated carbocycles. The van der Waals surface area contributed by atoms with Crippen LogP contribution in [0, 0.1) is 5.41 Å². The lowest BCUT2D eigenvalue weighted by molar-refractivity contribution is -0.0510. The Balaban J connectivity index is 1.70. The van der Waals surface area contributed by atoms with Crippen molar-refractivity contribution in [3.8, 4) is 0 Å². The topological polar surface area (TPSA) is 35.5 Å². The van der Waals surface area contributed by atoms with Gasteiger partial charge in [-0.2, -0.15) is 0 Å². The second-order valence-electron chi connectivity index (χ2n) is 6.51. The van der Waals surface area contributed by atoms with Crippen LogP contribution < -0.4 is 10.2 Å². The van der Waals surface area contributed by atoms with E-state index in [4.69, 9.17) is 0 Å². The van der Waals surface area contributed by atoms with E-state index < -0.39 is 0 Å². The molecular formula is C16H24N2O. The Morgan fingerprint density at radius 2 is 2.00 bits per heavy atom. The average molecular weight is 260 g/mol. The molecule has 19 heavy (non-hydrogen) atoms. The van der Waals surface area contributed by atoms with E-state index in [0.717, 1.165) is 6.42 Å². The van der Waals surface area contributed by atoms with Crippen LogP contribution in [-0.4, -0.2) is 30.3 Å². The van der Waals surface area contributed by atoms with Crippen molar-refractivity contribution in [2.24, 2.45) is 5.41 Å². The zero-order chi connectivity index (χ0) is 13.5. The van der Waals surface area contributed by atoms with Gasteiger partial charge in [0.2, 0.25) is 0 Å². The second kappa shape index (κ2) is 4.71. The molecule has 2 aliphatic rings. The number of hydrogen-bond acceptors (Lipinski definition) is 3. The van der Waals surface area contributed by atoms with Gasteiger partial charge >= 0.3 is 0 Å². The molecule has 104 valence electrons. The van der Waals surface area contributed by atoms with Crippen molar-refractivity contribution in [3.63, 3.8) is 0 Å². The normalized spacial score (nSPS) is 29.1. The van der Waals surface area contributed by atoms with Crippen LogP contribution in [-0.2, 0) is 0 Å². The molecule has 0 aromatic heterocycles. The van der Waals surface area contributed by atoms with E-state index in [1.54, 1.807) is 0 Å². The molecule has 3 rings (SSSR count). The number of aliphatic hydroxyl groups is 1. The highest BCUT2D eigenvalue weighted by Gasteiger charge is 2.47. The molecule has 1 aromatic rings. The number of hydrogen-bond donors (Lipinski definition) is 2. The number of anilines is 2. The lowest BCUT2D eigenvalue weighted by atomic mass is 9.64. The van der Waals surface area contributed by atoms with Gasteiger partial charge in [-0.25, -0.2) is 0 Å². The van der Waals surface area contributed by atoms with Gasteiger partial charge in [0, 0.05) is 35.9 Å². The molecule has 1 aliphatic carbocycles. The Hall–Kier alpha value is -1.22. The Bertz CT molecular complexity index is 452. The van der Waals surface area contributed by atoms with E-state index in [2.05, 4.69) is 48.3 Å². The summed E-state index contributed by atoms with van der Waals surface area (Å²) in [6.07, 6.45) is 3.28. The maximum atomic E-state index is 9.80. The van der Waals surface area contributed by atoms with E-state index in [1.807, 2.05) is 0 Å². The van der Waals surface area contributed by atoms with Crippen LogP contribution in [0.25, 0.3) is 0 Å². The lowest BCUT2D eigenvalue weighted by Gasteiger charge is -2.49. The second-order valence-corrected chi connectivity index (χ2v) is 6.51. The summed E-state index contributed by atoms with van der Waals surface area (Å²) in [7, 11) is 0. The highest BCUT2D eigenvalue weighted by atomic mass is 16.3. The summed E-state index contributed by atoms with van der Waals surface area (Å²) in [5.74, 6) is 0. The van der Waals surface area contributed by atoms with Gasteiger partial charge in [-0.1, -0.05) is 19.9 Å². The van der Waals surface area contributed by atoms with Gasteiger partial charge in [-0.3, -0.25) is 0 Å². The van der Waals surface area contributed by atoms with Crippen molar-refractivity contribution < 1.29 is 5.11 Å². The molecule has 1 saturated heterocycles. The molecule has 1 heterocycles. The molecule has 1 aromatic carbocycles. The third-order valence-corrected chi connectivity index (χ3v) is 4.87. The van der Waals surface area contributed by atoms with Crippen LogP contribution in [0.5, 0.6) is 0 Å². The quantitative estimate of drug-likeness (QED) is 0.877. The van der Waals surface area contributed by atoms with Crippen molar-refractivity contribution in [1.82, 2.24) is 0 Å². The molecule has 3 heteroatoms. The number of rotatable bonds is 3. The fourth-order valence-corrected chi connectivity index (χ4v) is 3.12. The van der Waals surface area contributed by atoms with Gasteiger partial charge in [0.15, 0.2) is 0 Å². The van der Waals surface area contributed by atoms with E-state index >= 15 is 0 Å². The summed E-state index contributed by atoms with van der Waals surface area (Å²) in [4.78, 5) is 2.45. The first-order valence-electron chi connectivity index (χ1n) is 7.37. The fourth-order valence-electron chi connectivity index (χ4n) is 3.12. The van der Waals surface area contributed by atoms with Crippen LogP contribution in [0.2, 0.25) is 0 Å². The number of nitrogens with zero attached hydrogens (tertiary/aromatic N) is 1. The zero-order valence-corrected chi connectivity index (χ0v) is 11.9. The average Bonchev–Trinajstić information content (AvgIpc) is 2.93. The summed E-state index contributed by atoms with van der Waals surface area (Å²) < 4.78 is 0. The van der Waals surface area contributed by atoms with E-state index in [9.17, 15) is 5.11 Å². The third kappa shape index (κ3) is 2.32. The van der Waals surface area contributed by atoms with Crippen molar-refractivity contribution in [3.05, 3.63) is 24.3 Å². The molecule has 0 bridgehead atoms. The van der Waals surface area contributed by atoms with Gasteiger partial charge in [0.1, 0.15) is 0 Å². The first kappa shape index (κ1) is 12.8. The van der Waals surface area contributed by atoms with Crippen LogP contribution >= 0.6 is 0 Å². The maximum Gasteiger partial charge on any atom is 0.0630 e. The van der Waals surface area contributed by atoms with Gasteiger partial charge in [0.05, 0.1) is 6.10 Å². The molecule has 2 atom stereocenters. The van der Waals surface area contributed by atoms with Crippen LogP contribution in [0.1, 0.15) is 33.1 Å². The molecule has 3 nitrogen and oxygen atoms in total. The van der Waals surface area contributed by atoms with Crippen LogP contribution in [0.4, 0.5) is 11.4 Å². The van der Waals surface area contributed by atoms with Crippen LogP contribution in [0.15, 0.2) is 24.3 Å². The summed E-state index contributed by atoms with van der Waals surface area (Å²) in [5.41, 5.74) is 2.47. The summed E-state index contributed by atoms with van der Waals surface area (Å²) in [6.45, 7) is 6.61. The smallest absolute Gasteiger partial charge is 0.0630 e. The molecule has 2 N–H and O–H groups in total. The van der Waals surface area contributed by atoms with Gasteiger partial charge in [-0.05, 0) is 37.5 Å². The minimum atomic E-state index is -0.174. The maximum absolute atomic E-state index is 9.80. The minimum Gasteiger partial charge on any atom is -0.392 e. The molecule has 1 aliphatic heterocycles. The Morgan fingerprint density at radius 3 is 2.63 bits per heavy atom. The molecular weight excluding hydrogens is 236 g/mol. The minimum absolute atomic E-state index is 0.0242. The first-order chi connectivity index (χ1) is 9.07. The predicted octanol–water partition coefficient (Wildman–Crippen LogP) is 2.86. The molecule has 0 spiro atoms. The summed E-state index contributed by atoms with van der Waals surface area (Å²) >= 11 is 0. The highest BCUT2D eigenvalue weighted by Crippen LogP contribution is 2.42. The first-order valence-corrected chi connectivity index (χ1v) is 7.37. The number of aliphatic hydroxyl groups excluding tert-OH is 1. The van der Waals surface area contributed by atoms with E-state index in [-0.39, 0.29) is 11.5 Å². The predicted molar refractivity (Wildman–Crippen MR) is 79.7 cm³/mol. The van der Waals surface area contributed by atoms with E-state index in [0.29, 0.717) is 6.04 Å². The molecule has 0 radical (unpaired) electrons. The van der Waals surface area contributed by atoms with E-state index in [1.165, 1.54) is 37.3 Å².